The van der Waals surface area contributed by atoms with Crippen LogP contribution in [0.4, 0.5) is 11.4 Å². The number of carbonyl (C=O) groups is 1. The van der Waals surface area contributed by atoms with E-state index in [0.29, 0.717) is 23.6 Å². The van der Waals surface area contributed by atoms with E-state index >= 15 is 0 Å². The van der Waals surface area contributed by atoms with Gasteiger partial charge in [0.1, 0.15) is 5.75 Å². The average molecular weight is 448 g/mol. The Kier molecular flexibility index (Phi) is 8.05. The Bertz CT molecular complexity index is 1130. The minimum atomic E-state index is -0.490. The highest BCUT2D eigenvalue weighted by Crippen LogP contribution is 2.18. The first kappa shape index (κ1) is 22.6. The molecule has 3 aromatic carbocycles. The molecule has 0 heterocycles. The number of nitro groups is 1. The maximum Gasteiger partial charge on any atom is 0.270 e. The second-order valence-corrected chi connectivity index (χ2v) is 7.15. The molecule has 0 spiro atoms. The normalized spacial score (nSPS) is 10.5. The van der Waals surface area contributed by atoms with Gasteiger partial charge in [0.15, 0.2) is 5.11 Å². The van der Waals surface area contributed by atoms with E-state index in [2.05, 4.69) is 22.8 Å². The van der Waals surface area contributed by atoms with Crippen molar-refractivity contribution >= 4 is 40.7 Å². The molecule has 162 valence electrons. The summed E-state index contributed by atoms with van der Waals surface area (Å²) in [7, 11) is 0. The van der Waals surface area contributed by atoms with Crippen LogP contribution in [-0.2, 0) is 11.2 Å². The van der Waals surface area contributed by atoms with Gasteiger partial charge in [-0.2, -0.15) is 0 Å². The first-order valence-corrected chi connectivity index (χ1v) is 10.2. The van der Waals surface area contributed by atoms with Crippen LogP contribution in [0, 0.1) is 10.1 Å². The highest BCUT2D eigenvalue weighted by atomic mass is 32.1. The smallest absolute Gasteiger partial charge is 0.270 e. The minimum Gasteiger partial charge on any atom is -0.493 e. The topological polar surface area (TPSA) is 93.5 Å². The number of ether oxygens (including phenoxy) is 1. The van der Waals surface area contributed by atoms with Gasteiger partial charge in [-0.3, -0.25) is 20.2 Å². The van der Waals surface area contributed by atoms with E-state index in [1.54, 1.807) is 24.3 Å². The van der Waals surface area contributed by atoms with Gasteiger partial charge in [-0.1, -0.05) is 48.5 Å². The zero-order chi connectivity index (χ0) is 22.8. The number of benzene rings is 3. The van der Waals surface area contributed by atoms with Gasteiger partial charge in [0.2, 0.25) is 5.91 Å². The number of anilines is 1. The maximum absolute atomic E-state index is 12.1. The molecular formula is C24H21N3O4S. The van der Waals surface area contributed by atoms with Crippen molar-refractivity contribution in [3.8, 4) is 5.75 Å². The van der Waals surface area contributed by atoms with E-state index in [4.69, 9.17) is 17.0 Å². The quantitative estimate of drug-likeness (QED) is 0.224. The summed E-state index contributed by atoms with van der Waals surface area (Å²) in [5, 5.41) is 16.4. The minimum absolute atomic E-state index is 0.0457. The van der Waals surface area contributed by atoms with Gasteiger partial charge < -0.3 is 10.1 Å². The number of hydrogen-bond acceptors (Lipinski definition) is 5. The van der Waals surface area contributed by atoms with Gasteiger partial charge in [0.25, 0.3) is 5.69 Å². The molecule has 0 aliphatic carbocycles. The monoisotopic (exact) mass is 447 g/mol. The number of non-ortho nitro benzene ring substituents is 1. The zero-order valence-electron chi connectivity index (χ0n) is 17.1. The molecule has 0 atom stereocenters. The molecular weight excluding hydrogens is 426 g/mol. The number of thiocarbonyl (C=S) groups is 1. The lowest BCUT2D eigenvalue weighted by Gasteiger charge is -2.11. The molecule has 1 amide bonds. The van der Waals surface area contributed by atoms with E-state index in [-0.39, 0.29) is 10.8 Å². The predicted molar refractivity (Wildman–Crippen MR) is 129 cm³/mol. The Hall–Kier alpha value is -4.04. The van der Waals surface area contributed by atoms with Crippen molar-refractivity contribution in [2.75, 3.05) is 11.9 Å². The summed E-state index contributed by atoms with van der Waals surface area (Å²) in [6.07, 6.45) is 3.53. The number of carbonyl (C=O) groups excluding carboxylic acids is 1. The summed E-state index contributed by atoms with van der Waals surface area (Å²) in [6.45, 7) is 0.539. The highest BCUT2D eigenvalue weighted by molar-refractivity contribution is 7.80. The Morgan fingerprint density at radius 1 is 1.03 bits per heavy atom. The lowest BCUT2D eigenvalue weighted by Crippen LogP contribution is -2.32. The number of amides is 1. The van der Waals surface area contributed by atoms with Crippen molar-refractivity contribution in [3.05, 3.63) is 106 Å². The SMILES string of the molecule is O=C(/C=C/c1cccc([N+](=O)[O-])c1)NC(=S)Nc1cccc(OCCc2ccccc2)c1. The second kappa shape index (κ2) is 11.4. The lowest BCUT2D eigenvalue weighted by molar-refractivity contribution is -0.384. The van der Waals surface area contributed by atoms with Crippen molar-refractivity contribution in [3.63, 3.8) is 0 Å². The van der Waals surface area contributed by atoms with Gasteiger partial charge in [0.05, 0.1) is 11.5 Å². The first-order valence-electron chi connectivity index (χ1n) is 9.81. The van der Waals surface area contributed by atoms with Crippen LogP contribution in [0.25, 0.3) is 6.08 Å². The Labute approximate surface area is 190 Å². The molecule has 0 aromatic heterocycles. The van der Waals surface area contributed by atoms with E-state index in [1.165, 1.54) is 29.8 Å². The fourth-order valence-corrected chi connectivity index (χ4v) is 3.04. The average Bonchev–Trinajstić information content (AvgIpc) is 2.79. The first-order chi connectivity index (χ1) is 15.5. The summed E-state index contributed by atoms with van der Waals surface area (Å²) in [4.78, 5) is 22.4. The largest absolute Gasteiger partial charge is 0.493 e. The number of nitrogens with zero attached hydrogens (tertiary/aromatic N) is 1. The van der Waals surface area contributed by atoms with E-state index < -0.39 is 10.8 Å². The summed E-state index contributed by atoms with van der Waals surface area (Å²) < 4.78 is 5.80. The third kappa shape index (κ3) is 7.33. The summed E-state index contributed by atoms with van der Waals surface area (Å²) in [5.74, 6) is 0.231. The molecule has 0 radical (unpaired) electrons. The Balaban J connectivity index is 1.49. The summed E-state index contributed by atoms with van der Waals surface area (Å²) in [5.41, 5.74) is 2.36. The molecule has 32 heavy (non-hydrogen) atoms. The zero-order valence-corrected chi connectivity index (χ0v) is 17.9. The lowest BCUT2D eigenvalue weighted by atomic mass is 10.2. The van der Waals surface area contributed by atoms with Crippen molar-refractivity contribution < 1.29 is 14.5 Å². The molecule has 0 saturated carbocycles. The third-order valence-corrected chi connectivity index (χ3v) is 4.54. The van der Waals surface area contributed by atoms with Crippen molar-refractivity contribution in [2.24, 2.45) is 0 Å². The van der Waals surface area contributed by atoms with E-state index in [9.17, 15) is 14.9 Å². The number of hydrogen-bond donors (Lipinski definition) is 2. The fraction of sp³-hybridized carbons (Fsp3) is 0.0833. The van der Waals surface area contributed by atoms with Gasteiger partial charge in [0, 0.05) is 36.4 Å². The molecule has 0 fully saturated rings. The van der Waals surface area contributed by atoms with Crippen LogP contribution < -0.4 is 15.4 Å². The van der Waals surface area contributed by atoms with Gasteiger partial charge in [-0.15, -0.1) is 0 Å². The third-order valence-electron chi connectivity index (χ3n) is 4.34. The maximum atomic E-state index is 12.1. The highest BCUT2D eigenvalue weighted by Gasteiger charge is 2.06. The number of rotatable bonds is 8. The predicted octanol–water partition coefficient (Wildman–Crippen LogP) is 4.74. The molecule has 0 aliphatic heterocycles. The van der Waals surface area contributed by atoms with Crippen LogP contribution in [0.5, 0.6) is 5.75 Å². The van der Waals surface area contributed by atoms with Crippen molar-refractivity contribution in [1.82, 2.24) is 5.32 Å². The molecule has 0 aliphatic rings. The van der Waals surface area contributed by atoms with Crippen LogP contribution in [0.1, 0.15) is 11.1 Å². The Morgan fingerprint density at radius 3 is 2.59 bits per heavy atom. The van der Waals surface area contributed by atoms with E-state index in [0.717, 1.165) is 6.42 Å². The van der Waals surface area contributed by atoms with Crippen molar-refractivity contribution in [1.29, 1.82) is 0 Å². The standard InChI is InChI=1S/C24H21N3O4S/c28-23(13-12-19-8-4-10-21(16-19)27(29)30)26-24(32)25-20-9-5-11-22(17-20)31-15-14-18-6-2-1-3-7-18/h1-13,16-17H,14-15H2,(H2,25,26,28,32)/b13-12+. The van der Waals surface area contributed by atoms with Crippen LogP contribution in [0.2, 0.25) is 0 Å². The van der Waals surface area contributed by atoms with Crippen LogP contribution in [0.3, 0.4) is 0 Å². The summed E-state index contributed by atoms with van der Waals surface area (Å²) in [6, 6.07) is 23.3. The molecule has 2 N–H and O–H groups in total. The molecule has 3 rings (SSSR count). The van der Waals surface area contributed by atoms with Crippen LogP contribution in [-0.4, -0.2) is 22.5 Å². The van der Waals surface area contributed by atoms with Gasteiger partial charge in [-0.25, -0.2) is 0 Å². The van der Waals surface area contributed by atoms with Gasteiger partial charge in [-0.05, 0) is 41.6 Å². The molecule has 8 heteroatoms. The fourth-order valence-electron chi connectivity index (χ4n) is 2.82. The number of nitro benzene ring substituents is 1. The molecule has 3 aromatic rings. The Morgan fingerprint density at radius 2 is 1.81 bits per heavy atom. The van der Waals surface area contributed by atoms with Crippen LogP contribution >= 0.6 is 12.2 Å². The molecule has 7 nitrogen and oxygen atoms in total. The van der Waals surface area contributed by atoms with E-state index in [1.807, 2.05) is 30.3 Å². The second-order valence-electron chi connectivity index (χ2n) is 6.74. The number of nitrogens with one attached hydrogen (secondary N) is 2. The van der Waals surface area contributed by atoms with Gasteiger partial charge >= 0.3 is 0 Å². The summed E-state index contributed by atoms with van der Waals surface area (Å²) >= 11 is 5.19. The molecule has 0 bridgehead atoms. The van der Waals surface area contributed by atoms with Crippen molar-refractivity contribution in [2.45, 2.75) is 6.42 Å². The molecule has 0 saturated heterocycles. The van der Waals surface area contributed by atoms with Crippen LogP contribution in [0.15, 0.2) is 84.9 Å². The molecule has 0 unspecified atom stereocenters.